The van der Waals surface area contributed by atoms with Crippen LogP contribution in [0.5, 0.6) is 0 Å². The zero-order chi connectivity index (χ0) is 18.0. The molecule has 1 atom stereocenters. The molecule has 0 N–H and O–H groups in total. The molecule has 0 radical (unpaired) electrons. The lowest BCUT2D eigenvalue weighted by atomic mass is 10.1. The molecule has 0 saturated heterocycles. The van der Waals surface area contributed by atoms with Crippen LogP contribution in [0.3, 0.4) is 0 Å². The average molecular weight is 345 g/mol. The molecular weight excluding hydrogens is 330 g/mol. The summed E-state index contributed by atoms with van der Waals surface area (Å²) in [5.41, 5.74) is 0.408. The molecule has 0 fully saturated rings. The number of aromatic nitrogens is 2. The largest absolute Gasteiger partial charge is 0.374 e. The predicted molar refractivity (Wildman–Crippen MR) is 81.1 cm³/mol. The average Bonchev–Trinajstić information content (AvgIpc) is 3.19. The molecule has 1 aromatic carbocycles. The Morgan fingerprint density at radius 2 is 1.88 bits per heavy atom. The van der Waals surface area contributed by atoms with Gasteiger partial charge in [0, 0.05) is 13.5 Å². The van der Waals surface area contributed by atoms with Crippen molar-refractivity contribution >= 4 is 17.8 Å². The van der Waals surface area contributed by atoms with Crippen molar-refractivity contribution in [2.24, 2.45) is 0 Å². The summed E-state index contributed by atoms with van der Waals surface area (Å²) in [5, 5.41) is 4.21. The van der Waals surface area contributed by atoms with Gasteiger partial charge in [0.1, 0.15) is 6.10 Å². The van der Waals surface area contributed by atoms with Crippen molar-refractivity contribution < 1.29 is 28.5 Å². The summed E-state index contributed by atoms with van der Waals surface area (Å²) in [6.45, 7) is 1.76. The number of carbonyl (C=O) groups excluding carboxylic acids is 3. The molecule has 0 bridgehead atoms. The van der Waals surface area contributed by atoms with Gasteiger partial charge < -0.3 is 14.1 Å². The number of benzene rings is 1. The maximum absolute atomic E-state index is 12.1. The molecule has 2 aromatic rings. The Morgan fingerprint density at radius 1 is 1.24 bits per heavy atom. The number of fused-ring (bicyclic) bond motifs is 1. The first-order valence-electron chi connectivity index (χ1n) is 7.55. The van der Waals surface area contributed by atoms with E-state index in [1.54, 1.807) is 19.1 Å². The zero-order valence-corrected chi connectivity index (χ0v) is 13.6. The number of imide groups is 1. The summed E-state index contributed by atoms with van der Waals surface area (Å²) < 4.78 is 10.1. The molecule has 1 unspecified atom stereocenters. The summed E-state index contributed by atoms with van der Waals surface area (Å²) in [6.07, 6.45) is -0.343. The van der Waals surface area contributed by atoms with Crippen molar-refractivity contribution in [1.29, 1.82) is 0 Å². The van der Waals surface area contributed by atoms with Gasteiger partial charge in [-0.1, -0.05) is 22.4 Å². The third kappa shape index (κ3) is 3.26. The number of ether oxygens (including phenoxy) is 1. The van der Waals surface area contributed by atoms with E-state index in [9.17, 15) is 14.4 Å². The van der Waals surface area contributed by atoms with Crippen LogP contribution in [0.2, 0.25) is 0 Å². The van der Waals surface area contributed by atoms with Crippen LogP contribution in [0, 0.1) is 0 Å². The van der Waals surface area contributed by atoms with E-state index in [-0.39, 0.29) is 36.0 Å². The fourth-order valence-electron chi connectivity index (χ4n) is 2.25. The number of carbonyl (C=O) groups is 3. The van der Waals surface area contributed by atoms with Gasteiger partial charge in [-0.25, -0.2) is 4.79 Å². The highest BCUT2D eigenvalue weighted by molar-refractivity contribution is 6.20. The van der Waals surface area contributed by atoms with Gasteiger partial charge >= 0.3 is 5.97 Å². The van der Waals surface area contributed by atoms with E-state index in [1.807, 2.05) is 0 Å². The van der Waals surface area contributed by atoms with Gasteiger partial charge in [-0.05, 0) is 19.1 Å². The van der Waals surface area contributed by atoms with Crippen LogP contribution in [0.4, 0.5) is 0 Å². The smallest absolute Gasteiger partial charge is 0.333 e. The lowest BCUT2D eigenvalue weighted by Crippen LogP contribution is -2.32. The van der Waals surface area contributed by atoms with Crippen LogP contribution in [-0.4, -0.2) is 40.1 Å². The minimum absolute atomic E-state index is 0.117. The predicted octanol–water partition coefficient (Wildman–Crippen LogP) is 1.46. The molecule has 1 aliphatic rings. The Bertz CT molecular complexity index is 796. The number of hydroxylamine groups is 2. The first kappa shape index (κ1) is 16.8. The maximum atomic E-state index is 12.1. The first-order valence-corrected chi connectivity index (χ1v) is 7.55. The lowest BCUT2D eigenvalue weighted by molar-refractivity contribution is -0.168. The maximum Gasteiger partial charge on any atom is 0.333 e. The van der Waals surface area contributed by atoms with Gasteiger partial charge in [-0.2, -0.15) is 4.98 Å². The molecule has 0 saturated carbocycles. The minimum Gasteiger partial charge on any atom is -0.374 e. The van der Waals surface area contributed by atoms with Gasteiger partial charge in [0.2, 0.25) is 5.89 Å². The van der Waals surface area contributed by atoms with Crippen LogP contribution in [0.1, 0.15) is 51.9 Å². The highest BCUT2D eigenvalue weighted by Gasteiger charge is 2.38. The first-order chi connectivity index (χ1) is 12.0. The summed E-state index contributed by atoms with van der Waals surface area (Å²) in [6, 6.07) is 6.26. The van der Waals surface area contributed by atoms with Gasteiger partial charge in [0.05, 0.1) is 17.5 Å². The summed E-state index contributed by atoms with van der Waals surface area (Å²) >= 11 is 0. The lowest BCUT2D eigenvalue weighted by Gasteiger charge is -2.12. The molecular formula is C16H15N3O6. The standard InChI is InChI=1S/C16H15N3O6/c1-9(23-2)14-17-12(24-18-14)7-8-13(20)25-19-15(21)10-5-3-4-6-11(10)16(19)22/h3-6,9H,7-8H2,1-2H3. The van der Waals surface area contributed by atoms with E-state index in [0.717, 1.165) is 0 Å². The van der Waals surface area contributed by atoms with E-state index in [2.05, 4.69) is 10.1 Å². The highest BCUT2D eigenvalue weighted by atomic mass is 16.7. The number of methoxy groups -OCH3 is 1. The Balaban J connectivity index is 1.58. The Kier molecular flexibility index (Phi) is 4.57. The van der Waals surface area contributed by atoms with Crippen molar-refractivity contribution in [3.05, 3.63) is 47.1 Å². The fraction of sp³-hybridized carbons (Fsp3) is 0.312. The number of hydrogen-bond donors (Lipinski definition) is 0. The fourth-order valence-corrected chi connectivity index (χ4v) is 2.25. The monoisotopic (exact) mass is 345 g/mol. The van der Waals surface area contributed by atoms with Crippen molar-refractivity contribution in [2.45, 2.75) is 25.9 Å². The number of amides is 2. The van der Waals surface area contributed by atoms with Gasteiger partial charge in [-0.3, -0.25) is 9.59 Å². The van der Waals surface area contributed by atoms with Crippen LogP contribution in [0.15, 0.2) is 28.8 Å². The molecule has 2 heterocycles. The van der Waals surface area contributed by atoms with Crippen molar-refractivity contribution in [1.82, 2.24) is 15.2 Å². The summed E-state index contributed by atoms with van der Waals surface area (Å²) in [7, 11) is 1.51. The van der Waals surface area contributed by atoms with Crippen LogP contribution >= 0.6 is 0 Å². The normalized spacial score (nSPS) is 14.6. The molecule has 0 aliphatic carbocycles. The SMILES string of the molecule is COC(C)c1noc(CCC(=O)ON2C(=O)c3ccccc3C2=O)n1. The number of hydrogen-bond acceptors (Lipinski definition) is 8. The minimum atomic E-state index is -0.756. The quantitative estimate of drug-likeness (QED) is 0.723. The molecule has 9 heteroatoms. The van der Waals surface area contributed by atoms with Gasteiger partial charge in [0.25, 0.3) is 11.8 Å². The third-order valence-electron chi connectivity index (χ3n) is 3.69. The van der Waals surface area contributed by atoms with Gasteiger partial charge in [-0.15, -0.1) is 0 Å². The number of rotatable bonds is 6. The van der Waals surface area contributed by atoms with Crippen molar-refractivity contribution in [3.63, 3.8) is 0 Å². The molecule has 25 heavy (non-hydrogen) atoms. The Hall–Kier alpha value is -3.07. The van der Waals surface area contributed by atoms with E-state index < -0.39 is 17.8 Å². The second-order valence-electron chi connectivity index (χ2n) is 5.34. The van der Waals surface area contributed by atoms with E-state index in [0.29, 0.717) is 10.9 Å². The molecule has 9 nitrogen and oxygen atoms in total. The summed E-state index contributed by atoms with van der Waals surface area (Å²) in [4.78, 5) is 45.1. The second kappa shape index (κ2) is 6.81. The van der Waals surface area contributed by atoms with Crippen LogP contribution < -0.4 is 0 Å². The number of aryl methyl sites for hydroxylation is 1. The van der Waals surface area contributed by atoms with E-state index >= 15 is 0 Å². The van der Waals surface area contributed by atoms with Crippen molar-refractivity contribution in [2.75, 3.05) is 7.11 Å². The molecule has 1 aliphatic heterocycles. The van der Waals surface area contributed by atoms with E-state index in [1.165, 1.54) is 19.2 Å². The van der Waals surface area contributed by atoms with E-state index in [4.69, 9.17) is 14.1 Å². The van der Waals surface area contributed by atoms with Crippen molar-refractivity contribution in [3.8, 4) is 0 Å². The van der Waals surface area contributed by atoms with Crippen LogP contribution in [0.25, 0.3) is 0 Å². The molecule has 3 rings (SSSR count). The van der Waals surface area contributed by atoms with Crippen LogP contribution in [-0.2, 0) is 20.8 Å². The molecule has 2 amide bonds. The van der Waals surface area contributed by atoms with Gasteiger partial charge in [0.15, 0.2) is 5.82 Å². The molecule has 1 aromatic heterocycles. The third-order valence-corrected chi connectivity index (χ3v) is 3.69. The summed E-state index contributed by atoms with van der Waals surface area (Å²) in [5.74, 6) is -1.48. The Labute approximate surface area is 142 Å². The topological polar surface area (TPSA) is 112 Å². The second-order valence-corrected chi connectivity index (χ2v) is 5.34. The zero-order valence-electron chi connectivity index (χ0n) is 13.6. The molecule has 130 valence electrons. The number of nitrogens with zero attached hydrogens (tertiary/aromatic N) is 3. The Morgan fingerprint density at radius 3 is 2.48 bits per heavy atom. The molecule has 0 spiro atoms. The highest BCUT2D eigenvalue weighted by Crippen LogP contribution is 2.23.